The van der Waals surface area contributed by atoms with Crippen molar-refractivity contribution in [2.24, 2.45) is 0 Å². The summed E-state index contributed by atoms with van der Waals surface area (Å²) in [6.45, 7) is 0.00222. The number of nitriles is 1. The van der Waals surface area contributed by atoms with Crippen molar-refractivity contribution in [3.63, 3.8) is 0 Å². The lowest BCUT2D eigenvalue weighted by molar-refractivity contribution is 0.296. The molecule has 0 saturated carbocycles. The van der Waals surface area contributed by atoms with Crippen LogP contribution in [0.4, 0.5) is 0 Å². The Balaban J connectivity index is 2.75. The van der Waals surface area contributed by atoms with Crippen molar-refractivity contribution in [2.45, 2.75) is 5.25 Å². The van der Waals surface area contributed by atoms with Gasteiger partial charge < -0.3 is 5.11 Å². The Hall–Kier alpha value is -0.980. The van der Waals surface area contributed by atoms with Crippen molar-refractivity contribution in [3.05, 3.63) is 35.9 Å². The Kier molecular flexibility index (Phi) is 3.65. The molecule has 0 saturated heterocycles. The first-order chi connectivity index (χ1) is 5.88. The Morgan fingerprint density at radius 2 is 2.08 bits per heavy atom. The Bertz CT molecular complexity index is 268. The Morgan fingerprint density at radius 3 is 2.58 bits per heavy atom. The van der Waals surface area contributed by atoms with Crippen LogP contribution in [-0.2, 0) is 0 Å². The maximum absolute atomic E-state index is 8.94. The minimum atomic E-state index is -0.115. The molecule has 0 bridgehead atoms. The molecular formula is C9H9NOS. The summed E-state index contributed by atoms with van der Waals surface area (Å²) in [5.74, 6) is 0. The molecule has 0 fully saturated rings. The van der Waals surface area contributed by atoms with Crippen LogP contribution < -0.4 is 0 Å². The average molecular weight is 179 g/mol. The molecule has 0 heterocycles. The fourth-order valence-electron chi connectivity index (χ4n) is 0.942. The summed E-state index contributed by atoms with van der Waals surface area (Å²) < 4.78 is 0. The Morgan fingerprint density at radius 1 is 1.42 bits per heavy atom. The predicted molar refractivity (Wildman–Crippen MR) is 49.5 cm³/mol. The lowest BCUT2D eigenvalue weighted by Gasteiger charge is -2.08. The van der Waals surface area contributed by atoms with Gasteiger partial charge in [-0.15, -0.1) is 0 Å². The molecule has 3 heteroatoms. The molecule has 0 spiro atoms. The number of thioether (sulfide) groups is 1. The molecule has 2 nitrogen and oxygen atoms in total. The number of thiocyanates is 1. The van der Waals surface area contributed by atoms with E-state index >= 15 is 0 Å². The van der Waals surface area contributed by atoms with Gasteiger partial charge >= 0.3 is 0 Å². The number of hydrogen-bond donors (Lipinski definition) is 1. The van der Waals surface area contributed by atoms with E-state index in [1.807, 2.05) is 35.7 Å². The van der Waals surface area contributed by atoms with Crippen LogP contribution in [0.15, 0.2) is 30.3 Å². The second-order valence-electron chi connectivity index (χ2n) is 2.29. The zero-order valence-electron chi connectivity index (χ0n) is 6.47. The number of aliphatic hydroxyl groups excluding tert-OH is 1. The number of aliphatic hydroxyl groups is 1. The summed E-state index contributed by atoms with van der Waals surface area (Å²) in [6.07, 6.45) is 0. The molecule has 0 aliphatic heterocycles. The third-order valence-electron chi connectivity index (χ3n) is 1.53. The van der Waals surface area contributed by atoms with Gasteiger partial charge in [0.2, 0.25) is 0 Å². The van der Waals surface area contributed by atoms with Gasteiger partial charge in [0, 0.05) is 0 Å². The van der Waals surface area contributed by atoms with Crippen LogP contribution in [0.2, 0.25) is 0 Å². The molecule has 1 aromatic rings. The van der Waals surface area contributed by atoms with Gasteiger partial charge in [-0.2, -0.15) is 5.26 Å². The second kappa shape index (κ2) is 4.81. The molecule has 1 N–H and O–H groups in total. The highest BCUT2D eigenvalue weighted by Crippen LogP contribution is 2.26. The minimum Gasteiger partial charge on any atom is -0.395 e. The Labute approximate surface area is 75.8 Å². The quantitative estimate of drug-likeness (QED) is 0.721. The monoisotopic (exact) mass is 179 g/mol. The van der Waals surface area contributed by atoms with E-state index in [-0.39, 0.29) is 11.9 Å². The molecule has 62 valence electrons. The molecule has 1 unspecified atom stereocenters. The summed E-state index contributed by atoms with van der Waals surface area (Å²) in [5, 5.41) is 19.2. The molecule has 0 amide bonds. The first-order valence-electron chi connectivity index (χ1n) is 3.59. The lowest BCUT2D eigenvalue weighted by atomic mass is 10.2. The highest BCUT2D eigenvalue weighted by Gasteiger charge is 2.09. The largest absolute Gasteiger partial charge is 0.395 e. The number of hydrogen-bond acceptors (Lipinski definition) is 3. The van der Waals surface area contributed by atoms with Gasteiger partial charge in [-0.3, -0.25) is 0 Å². The number of nitrogens with zero attached hydrogens (tertiary/aromatic N) is 1. The number of rotatable bonds is 3. The predicted octanol–water partition coefficient (Wildman–Crippen LogP) is 1.93. The normalized spacial score (nSPS) is 12.0. The van der Waals surface area contributed by atoms with E-state index in [1.165, 1.54) is 0 Å². The van der Waals surface area contributed by atoms with Crippen molar-refractivity contribution in [1.82, 2.24) is 0 Å². The maximum atomic E-state index is 8.94. The summed E-state index contributed by atoms with van der Waals surface area (Å²) in [7, 11) is 0. The minimum absolute atomic E-state index is 0.00222. The summed E-state index contributed by atoms with van der Waals surface area (Å²) in [6, 6.07) is 9.53. The van der Waals surface area contributed by atoms with Gasteiger partial charge in [-0.25, -0.2) is 0 Å². The molecule has 0 aliphatic carbocycles. The third-order valence-corrected chi connectivity index (χ3v) is 2.34. The fraction of sp³-hybridized carbons (Fsp3) is 0.222. The molecule has 1 rings (SSSR count). The zero-order valence-corrected chi connectivity index (χ0v) is 7.29. The van der Waals surface area contributed by atoms with Crippen molar-refractivity contribution >= 4 is 11.8 Å². The topological polar surface area (TPSA) is 44.0 Å². The van der Waals surface area contributed by atoms with E-state index in [0.29, 0.717) is 0 Å². The first-order valence-corrected chi connectivity index (χ1v) is 4.47. The van der Waals surface area contributed by atoms with Crippen molar-refractivity contribution in [1.29, 1.82) is 5.26 Å². The van der Waals surface area contributed by atoms with E-state index < -0.39 is 0 Å². The van der Waals surface area contributed by atoms with Crippen LogP contribution in [0, 0.1) is 10.7 Å². The van der Waals surface area contributed by atoms with Crippen molar-refractivity contribution in [3.8, 4) is 5.40 Å². The smallest absolute Gasteiger partial charge is 0.134 e. The molecule has 12 heavy (non-hydrogen) atoms. The van der Waals surface area contributed by atoms with Gasteiger partial charge in [0.1, 0.15) is 5.40 Å². The van der Waals surface area contributed by atoms with E-state index in [0.717, 1.165) is 17.3 Å². The number of benzene rings is 1. The van der Waals surface area contributed by atoms with Gasteiger partial charge in [0.05, 0.1) is 11.9 Å². The average Bonchev–Trinajstić information content (AvgIpc) is 2.15. The fourth-order valence-corrected chi connectivity index (χ4v) is 1.44. The van der Waals surface area contributed by atoms with Crippen LogP contribution in [0.3, 0.4) is 0 Å². The molecular weight excluding hydrogens is 170 g/mol. The first kappa shape index (κ1) is 9.11. The van der Waals surface area contributed by atoms with Crippen LogP contribution in [0.1, 0.15) is 10.8 Å². The maximum Gasteiger partial charge on any atom is 0.134 e. The summed E-state index contributed by atoms with van der Waals surface area (Å²) >= 11 is 1.09. The van der Waals surface area contributed by atoms with Crippen molar-refractivity contribution in [2.75, 3.05) is 6.61 Å². The van der Waals surface area contributed by atoms with Crippen molar-refractivity contribution < 1.29 is 5.11 Å². The highest BCUT2D eigenvalue weighted by molar-refractivity contribution is 8.03. The van der Waals surface area contributed by atoms with E-state index in [2.05, 4.69) is 0 Å². The lowest BCUT2D eigenvalue weighted by Crippen LogP contribution is -1.97. The second-order valence-corrected chi connectivity index (χ2v) is 3.28. The molecule has 1 atom stereocenters. The van der Waals surface area contributed by atoms with Crippen LogP contribution in [0.25, 0.3) is 0 Å². The van der Waals surface area contributed by atoms with Crippen LogP contribution in [-0.4, -0.2) is 11.7 Å². The van der Waals surface area contributed by atoms with Crippen LogP contribution >= 0.6 is 11.8 Å². The van der Waals surface area contributed by atoms with Crippen LogP contribution in [0.5, 0.6) is 0 Å². The van der Waals surface area contributed by atoms with E-state index in [1.54, 1.807) is 0 Å². The summed E-state index contributed by atoms with van der Waals surface area (Å²) in [4.78, 5) is 0. The molecule has 0 aliphatic rings. The SMILES string of the molecule is N#CSC(CO)c1ccccc1. The van der Waals surface area contributed by atoms with Gasteiger partial charge in [0.25, 0.3) is 0 Å². The van der Waals surface area contributed by atoms with Gasteiger partial charge in [0.15, 0.2) is 0 Å². The molecule has 0 radical (unpaired) electrons. The highest BCUT2D eigenvalue weighted by atomic mass is 32.2. The van der Waals surface area contributed by atoms with Gasteiger partial charge in [-0.05, 0) is 17.3 Å². The van der Waals surface area contributed by atoms with Gasteiger partial charge in [-0.1, -0.05) is 30.3 Å². The van der Waals surface area contributed by atoms with E-state index in [9.17, 15) is 0 Å². The molecule has 0 aromatic heterocycles. The summed E-state index contributed by atoms with van der Waals surface area (Å²) in [5.41, 5.74) is 0.992. The zero-order chi connectivity index (χ0) is 8.81. The third kappa shape index (κ3) is 2.26. The molecule has 1 aromatic carbocycles. The van der Waals surface area contributed by atoms with E-state index in [4.69, 9.17) is 10.4 Å². The standard InChI is InChI=1S/C9H9NOS/c10-7-12-9(6-11)8-4-2-1-3-5-8/h1-5,9,11H,6H2.